The van der Waals surface area contributed by atoms with Gasteiger partial charge in [-0.05, 0) is 30.9 Å². The number of amides is 1. The van der Waals surface area contributed by atoms with E-state index >= 15 is 0 Å². The van der Waals surface area contributed by atoms with Crippen molar-refractivity contribution in [1.82, 2.24) is 9.88 Å². The molecular formula is C19H26N2O3. The van der Waals surface area contributed by atoms with Crippen LogP contribution >= 0.6 is 0 Å². The second kappa shape index (κ2) is 7.99. The zero-order valence-corrected chi connectivity index (χ0v) is 14.6. The number of carboxylic acid groups (broad SMARTS) is 1. The highest BCUT2D eigenvalue weighted by molar-refractivity contribution is 5.89. The summed E-state index contributed by atoms with van der Waals surface area (Å²) in [5, 5.41) is 13.1. The zero-order valence-electron chi connectivity index (χ0n) is 14.6. The second-order valence-electron chi connectivity index (χ2n) is 6.60. The molecule has 1 aromatic carbocycles. The van der Waals surface area contributed by atoms with Crippen LogP contribution in [0, 0.1) is 11.8 Å². The number of carbonyl (C=O) groups excluding carboxylic acids is 1. The molecule has 0 radical (unpaired) electrons. The molecule has 1 unspecified atom stereocenters. The number of hydrogen-bond acceptors (Lipinski definition) is 2. The molecule has 1 heterocycles. The summed E-state index contributed by atoms with van der Waals surface area (Å²) in [5.41, 5.74) is 2.09. The van der Waals surface area contributed by atoms with Crippen molar-refractivity contribution in [3.8, 4) is 0 Å². The van der Waals surface area contributed by atoms with E-state index in [9.17, 15) is 14.7 Å². The Morgan fingerprint density at radius 1 is 1.25 bits per heavy atom. The first-order valence-corrected chi connectivity index (χ1v) is 8.48. The van der Waals surface area contributed by atoms with Gasteiger partial charge in [0.1, 0.15) is 0 Å². The average Bonchev–Trinajstić information content (AvgIpc) is 2.89. The minimum Gasteiger partial charge on any atom is -0.481 e. The summed E-state index contributed by atoms with van der Waals surface area (Å²) in [6.45, 7) is 7.06. The van der Waals surface area contributed by atoms with E-state index in [-0.39, 0.29) is 24.8 Å². The predicted octanol–water partition coefficient (Wildman–Crippen LogP) is 3.07. The molecule has 5 heteroatoms. The average molecular weight is 330 g/mol. The van der Waals surface area contributed by atoms with Gasteiger partial charge in [0.15, 0.2) is 0 Å². The first-order valence-electron chi connectivity index (χ1n) is 8.48. The van der Waals surface area contributed by atoms with Gasteiger partial charge in [0.05, 0.1) is 12.3 Å². The number of rotatable bonds is 8. The molecule has 0 aliphatic carbocycles. The fourth-order valence-electron chi connectivity index (χ4n) is 3.04. The highest BCUT2D eigenvalue weighted by Gasteiger charge is 2.20. The number of para-hydroxylation sites is 1. The van der Waals surface area contributed by atoms with Crippen molar-refractivity contribution in [3.05, 3.63) is 36.0 Å². The lowest BCUT2D eigenvalue weighted by Gasteiger charge is -2.15. The smallest absolute Gasteiger partial charge is 0.308 e. The molecular weight excluding hydrogens is 304 g/mol. The number of aryl methyl sites for hydroxylation is 1. The first kappa shape index (κ1) is 18.0. The lowest BCUT2D eigenvalue weighted by atomic mass is 9.97. The van der Waals surface area contributed by atoms with Crippen LogP contribution in [0.3, 0.4) is 0 Å². The molecule has 130 valence electrons. The molecule has 0 fully saturated rings. The number of carbonyl (C=O) groups is 2. The molecule has 0 spiro atoms. The van der Waals surface area contributed by atoms with Crippen molar-refractivity contribution in [3.63, 3.8) is 0 Å². The van der Waals surface area contributed by atoms with Crippen molar-refractivity contribution in [1.29, 1.82) is 0 Å². The largest absolute Gasteiger partial charge is 0.481 e. The third-order valence-electron chi connectivity index (χ3n) is 4.21. The summed E-state index contributed by atoms with van der Waals surface area (Å²) in [6.07, 6.45) is 2.83. The Morgan fingerprint density at radius 2 is 1.96 bits per heavy atom. The van der Waals surface area contributed by atoms with Crippen LogP contribution in [0.1, 0.15) is 32.8 Å². The molecule has 1 amide bonds. The Bertz CT molecular complexity index is 718. The molecule has 0 saturated carbocycles. The van der Waals surface area contributed by atoms with E-state index < -0.39 is 11.9 Å². The molecule has 0 aliphatic heterocycles. The monoisotopic (exact) mass is 330 g/mol. The van der Waals surface area contributed by atoms with Crippen LogP contribution in [0.5, 0.6) is 0 Å². The molecule has 2 aromatic rings. The molecule has 1 aromatic heterocycles. The second-order valence-corrected chi connectivity index (χ2v) is 6.60. The maximum absolute atomic E-state index is 12.3. The summed E-state index contributed by atoms with van der Waals surface area (Å²) >= 11 is 0. The normalized spacial score (nSPS) is 12.5. The van der Waals surface area contributed by atoms with E-state index in [4.69, 9.17) is 0 Å². The van der Waals surface area contributed by atoms with Gasteiger partial charge in [0.2, 0.25) is 5.91 Å². The highest BCUT2D eigenvalue weighted by atomic mass is 16.4. The van der Waals surface area contributed by atoms with Crippen molar-refractivity contribution < 1.29 is 14.7 Å². The Balaban J connectivity index is 2.03. The van der Waals surface area contributed by atoms with Crippen LogP contribution in [-0.2, 0) is 22.6 Å². The Labute approximate surface area is 142 Å². The van der Waals surface area contributed by atoms with Crippen molar-refractivity contribution in [2.45, 2.75) is 40.2 Å². The number of benzene rings is 1. The van der Waals surface area contributed by atoms with Crippen LogP contribution in [0.2, 0.25) is 0 Å². The molecule has 1 atom stereocenters. The topological polar surface area (TPSA) is 71.3 Å². The van der Waals surface area contributed by atoms with E-state index in [2.05, 4.69) is 16.8 Å². The number of aliphatic carboxylic acids is 1. The third kappa shape index (κ3) is 4.37. The van der Waals surface area contributed by atoms with Crippen LogP contribution in [-0.4, -0.2) is 28.1 Å². The quantitative estimate of drug-likeness (QED) is 0.781. The number of hydrogen-bond donors (Lipinski definition) is 2. The zero-order chi connectivity index (χ0) is 17.7. The van der Waals surface area contributed by atoms with Gasteiger partial charge in [0, 0.05) is 30.2 Å². The van der Waals surface area contributed by atoms with Gasteiger partial charge in [-0.3, -0.25) is 9.59 Å². The summed E-state index contributed by atoms with van der Waals surface area (Å²) < 4.78 is 2.12. The van der Waals surface area contributed by atoms with Crippen molar-refractivity contribution >= 4 is 22.8 Å². The summed E-state index contributed by atoms with van der Waals surface area (Å²) in [7, 11) is 0. The molecule has 0 bridgehead atoms. The fraction of sp³-hybridized carbons (Fsp3) is 0.474. The van der Waals surface area contributed by atoms with Gasteiger partial charge in [-0.15, -0.1) is 0 Å². The van der Waals surface area contributed by atoms with Gasteiger partial charge >= 0.3 is 5.97 Å². The first-order chi connectivity index (χ1) is 11.4. The number of nitrogens with one attached hydrogen (secondary N) is 1. The van der Waals surface area contributed by atoms with E-state index in [1.165, 1.54) is 0 Å². The van der Waals surface area contributed by atoms with E-state index in [0.717, 1.165) is 23.0 Å². The third-order valence-corrected chi connectivity index (χ3v) is 4.21. The number of fused-ring (bicyclic) bond motifs is 1. The van der Waals surface area contributed by atoms with Gasteiger partial charge in [-0.1, -0.05) is 32.0 Å². The van der Waals surface area contributed by atoms with Crippen LogP contribution < -0.4 is 5.32 Å². The minimum atomic E-state index is -0.855. The maximum atomic E-state index is 12.3. The van der Waals surface area contributed by atoms with E-state index in [0.29, 0.717) is 6.42 Å². The summed E-state index contributed by atoms with van der Waals surface area (Å²) in [6, 6.07) is 8.01. The lowest BCUT2D eigenvalue weighted by molar-refractivity contribution is -0.142. The van der Waals surface area contributed by atoms with Gasteiger partial charge in [-0.2, -0.15) is 0 Å². The SMILES string of the molecule is CCn1cc(CC(=O)NCC(CC(C)C)C(=O)O)c2ccccc21. The summed E-state index contributed by atoms with van der Waals surface area (Å²) in [5.74, 6) is -1.24. The Kier molecular flexibility index (Phi) is 6.01. The van der Waals surface area contributed by atoms with E-state index in [1.807, 2.05) is 44.3 Å². The van der Waals surface area contributed by atoms with Gasteiger partial charge in [-0.25, -0.2) is 0 Å². The lowest BCUT2D eigenvalue weighted by Crippen LogP contribution is -2.34. The number of carboxylic acids is 1. The summed E-state index contributed by atoms with van der Waals surface area (Å²) in [4.78, 5) is 23.5. The number of nitrogens with zero attached hydrogens (tertiary/aromatic N) is 1. The number of aromatic nitrogens is 1. The molecule has 5 nitrogen and oxygen atoms in total. The van der Waals surface area contributed by atoms with Crippen molar-refractivity contribution in [2.75, 3.05) is 6.54 Å². The van der Waals surface area contributed by atoms with Crippen LogP contribution in [0.4, 0.5) is 0 Å². The van der Waals surface area contributed by atoms with E-state index in [1.54, 1.807) is 0 Å². The fourth-order valence-corrected chi connectivity index (χ4v) is 3.04. The van der Waals surface area contributed by atoms with Crippen LogP contribution in [0.15, 0.2) is 30.5 Å². The molecule has 2 N–H and O–H groups in total. The van der Waals surface area contributed by atoms with Crippen LogP contribution in [0.25, 0.3) is 10.9 Å². The molecule has 0 aliphatic rings. The molecule has 24 heavy (non-hydrogen) atoms. The predicted molar refractivity (Wildman–Crippen MR) is 94.9 cm³/mol. The standard InChI is InChI=1S/C19H26N2O3/c1-4-21-12-15(16-7-5-6-8-17(16)21)10-18(22)20-11-14(19(23)24)9-13(2)3/h5-8,12-14H,4,9-11H2,1-3H3,(H,20,22)(H,23,24). The van der Waals surface area contributed by atoms with Gasteiger partial charge in [0.25, 0.3) is 0 Å². The maximum Gasteiger partial charge on any atom is 0.308 e. The van der Waals surface area contributed by atoms with Gasteiger partial charge < -0.3 is 15.0 Å². The molecule has 0 saturated heterocycles. The van der Waals surface area contributed by atoms with Crippen molar-refractivity contribution in [2.24, 2.45) is 11.8 Å². The molecule has 2 rings (SSSR count). The highest BCUT2D eigenvalue weighted by Crippen LogP contribution is 2.21. The Hall–Kier alpha value is -2.30. The minimum absolute atomic E-state index is 0.135. The Morgan fingerprint density at radius 3 is 2.58 bits per heavy atom.